The summed E-state index contributed by atoms with van der Waals surface area (Å²) in [6, 6.07) is 1.76. The number of halogens is 2. The van der Waals surface area contributed by atoms with E-state index in [0.29, 0.717) is 13.0 Å². The van der Waals surface area contributed by atoms with Gasteiger partial charge >= 0.3 is 0 Å². The second-order valence-corrected chi connectivity index (χ2v) is 6.24. The fourth-order valence-electron chi connectivity index (χ4n) is 2.17. The highest BCUT2D eigenvalue weighted by Crippen LogP contribution is 2.26. The molecule has 0 aromatic heterocycles. The topological polar surface area (TPSA) is 81.4 Å². The molecule has 0 saturated heterocycles. The number of sulfonamides is 1. The van der Waals surface area contributed by atoms with Gasteiger partial charge in [0.1, 0.15) is 11.6 Å². The van der Waals surface area contributed by atoms with Crippen molar-refractivity contribution in [2.24, 2.45) is 5.73 Å². The number of hydrogen-bond acceptors (Lipinski definition) is 4. The molecule has 1 aromatic rings. The molecule has 0 bridgehead atoms. The van der Waals surface area contributed by atoms with E-state index >= 15 is 0 Å². The molecule has 112 valence electrons. The van der Waals surface area contributed by atoms with Crippen LogP contribution in [0.1, 0.15) is 13.3 Å². The van der Waals surface area contributed by atoms with Gasteiger partial charge in [-0.15, -0.1) is 0 Å². The lowest BCUT2D eigenvalue weighted by Crippen LogP contribution is -2.64. The Bertz CT molecular complexity index is 572. The molecule has 0 radical (unpaired) electrons. The zero-order valence-electron chi connectivity index (χ0n) is 10.8. The minimum Gasteiger partial charge on any atom is -0.377 e. The molecule has 1 saturated carbocycles. The van der Waals surface area contributed by atoms with Gasteiger partial charge in [-0.05, 0) is 25.5 Å². The summed E-state index contributed by atoms with van der Waals surface area (Å²) >= 11 is 0. The first-order valence-corrected chi connectivity index (χ1v) is 7.68. The second-order valence-electron chi connectivity index (χ2n) is 4.59. The molecular formula is C12H16F2N2O3S. The smallest absolute Gasteiger partial charge is 0.246 e. The monoisotopic (exact) mass is 306 g/mol. The van der Waals surface area contributed by atoms with Crippen LogP contribution >= 0.6 is 0 Å². The van der Waals surface area contributed by atoms with Crippen LogP contribution in [0.15, 0.2) is 23.1 Å². The number of ether oxygens (including phenoxy) is 1. The van der Waals surface area contributed by atoms with Gasteiger partial charge < -0.3 is 10.5 Å². The molecule has 3 N–H and O–H groups in total. The third-order valence-corrected chi connectivity index (χ3v) is 4.74. The van der Waals surface area contributed by atoms with Crippen molar-refractivity contribution in [1.29, 1.82) is 0 Å². The van der Waals surface area contributed by atoms with Crippen LogP contribution < -0.4 is 10.5 Å². The van der Waals surface area contributed by atoms with Crippen molar-refractivity contribution in [2.75, 3.05) is 6.61 Å². The molecule has 1 fully saturated rings. The summed E-state index contributed by atoms with van der Waals surface area (Å²) in [7, 11) is -4.33. The van der Waals surface area contributed by atoms with Crippen LogP contribution in [0.5, 0.6) is 0 Å². The van der Waals surface area contributed by atoms with Gasteiger partial charge in [-0.2, -0.15) is 0 Å². The molecule has 0 amide bonds. The van der Waals surface area contributed by atoms with Gasteiger partial charge in [0.15, 0.2) is 4.90 Å². The van der Waals surface area contributed by atoms with E-state index in [2.05, 4.69) is 4.72 Å². The maximum atomic E-state index is 13.5. The number of nitrogens with one attached hydrogen (secondary N) is 1. The molecule has 0 heterocycles. The van der Waals surface area contributed by atoms with Gasteiger partial charge in [-0.1, -0.05) is 6.07 Å². The van der Waals surface area contributed by atoms with Crippen molar-refractivity contribution < 1.29 is 21.9 Å². The third kappa shape index (κ3) is 2.83. The largest absolute Gasteiger partial charge is 0.377 e. The highest BCUT2D eigenvalue weighted by atomic mass is 32.2. The molecule has 1 aliphatic carbocycles. The molecule has 20 heavy (non-hydrogen) atoms. The summed E-state index contributed by atoms with van der Waals surface area (Å²) in [6.07, 6.45) is 0.125. The van der Waals surface area contributed by atoms with Crippen LogP contribution in [0.3, 0.4) is 0 Å². The summed E-state index contributed by atoms with van der Waals surface area (Å²) < 4.78 is 58.7. The summed E-state index contributed by atoms with van der Waals surface area (Å²) in [4.78, 5) is -0.991. The van der Waals surface area contributed by atoms with E-state index in [4.69, 9.17) is 10.5 Å². The summed E-state index contributed by atoms with van der Waals surface area (Å²) in [6.45, 7) is 2.18. The van der Waals surface area contributed by atoms with Gasteiger partial charge in [0, 0.05) is 12.6 Å². The molecule has 8 heteroatoms. The lowest BCUT2D eigenvalue weighted by molar-refractivity contribution is -0.0248. The normalized spacial score (nSPS) is 26.3. The fourth-order valence-corrected chi connectivity index (χ4v) is 3.62. The minimum atomic E-state index is -4.33. The summed E-state index contributed by atoms with van der Waals surface area (Å²) in [5.41, 5.74) is 5.71. The highest BCUT2D eigenvalue weighted by Gasteiger charge is 2.42. The van der Waals surface area contributed by atoms with E-state index in [1.54, 1.807) is 6.92 Å². The Morgan fingerprint density at radius 1 is 1.40 bits per heavy atom. The van der Waals surface area contributed by atoms with E-state index in [1.807, 2.05) is 0 Å². The van der Waals surface area contributed by atoms with E-state index in [-0.39, 0.29) is 6.10 Å². The predicted octanol–water partition coefficient (Wildman–Crippen LogP) is 0.748. The standard InChI is InChI=1S/C12H16F2N2O3S/c1-2-19-10-6-9(15)11(10)16-20(17,18)12-7(13)4-3-5-8(12)14/h3-5,9-11,16H,2,6,15H2,1H3. The first-order valence-electron chi connectivity index (χ1n) is 6.20. The van der Waals surface area contributed by atoms with Crippen LogP contribution in [0.4, 0.5) is 8.78 Å². The molecule has 5 nitrogen and oxygen atoms in total. The summed E-state index contributed by atoms with van der Waals surface area (Å²) in [5, 5.41) is 0. The van der Waals surface area contributed by atoms with Crippen LogP contribution in [-0.4, -0.2) is 33.2 Å². The Morgan fingerprint density at radius 3 is 2.50 bits per heavy atom. The van der Waals surface area contributed by atoms with Gasteiger partial charge in [-0.25, -0.2) is 21.9 Å². The minimum absolute atomic E-state index is 0.375. The maximum absolute atomic E-state index is 13.5. The van der Waals surface area contributed by atoms with Crippen LogP contribution in [0, 0.1) is 11.6 Å². The van der Waals surface area contributed by atoms with E-state index < -0.39 is 38.6 Å². The first kappa shape index (κ1) is 15.3. The fraction of sp³-hybridized carbons (Fsp3) is 0.500. The predicted molar refractivity (Wildman–Crippen MR) is 68.5 cm³/mol. The Hall–Kier alpha value is -1.09. The van der Waals surface area contributed by atoms with Crippen LogP contribution in [0.25, 0.3) is 0 Å². The molecule has 3 unspecified atom stereocenters. The highest BCUT2D eigenvalue weighted by molar-refractivity contribution is 7.89. The molecule has 1 aliphatic rings. The molecule has 3 atom stereocenters. The van der Waals surface area contributed by atoms with Crippen molar-refractivity contribution in [1.82, 2.24) is 4.72 Å². The van der Waals surface area contributed by atoms with Gasteiger partial charge in [0.2, 0.25) is 10.0 Å². The average molecular weight is 306 g/mol. The van der Waals surface area contributed by atoms with E-state index in [1.165, 1.54) is 0 Å². The van der Waals surface area contributed by atoms with Gasteiger partial charge in [0.25, 0.3) is 0 Å². The molecule has 0 aliphatic heterocycles. The first-order chi connectivity index (χ1) is 9.36. The number of benzene rings is 1. The molecular weight excluding hydrogens is 290 g/mol. The van der Waals surface area contributed by atoms with Gasteiger partial charge in [-0.3, -0.25) is 0 Å². The lowest BCUT2D eigenvalue weighted by Gasteiger charge is -2.42. The lowest BCUT2D eigenvalue weighted by atomic mass is 9.84. The number of rotatable bonds is 5. The second kappa shape index (κ2) is 5.72. The van der Waals surface area contributed by atoms with Gasteiger partial charge in [0.05, 0.1) is 12.1 Å². The van der Waals surface area contributed by atoms with Crippen molar-refractivity contribution in [3.8, 4) is 0 Å². The SMILES string of the molecule is CCOC1CC(N)C1NS(=O)(=O)c1c(F)cccc1F. The van der Waals surface area contributed by atoms with Crippen LogP contribution in [0.2, 0.25) is 0 Å². The van der Waals surface area contributed by atoms with Crippen molar-refractivity contribution in [2.45, 2.75) is 36.4 Å². The third-order valence-electron chi connectivity index (χ3n) is 3.23. The molecule has 1 aromatic carbocycles. The zero-order chi connectivity index (χ0) is 14.9. The maximum Gasteiger partial charge on any atom is 0.246 e. The summed E-state index contributed by atoms with van der Waals surface area (Å²) in [5.74, 6) is -2.28. The van der Waals surface area contributed by atoms with E-state index in [9.17, 15) is 17.2 Å². The quantitative estimate of drug-likeness (QED) is 0.841. The Kier molecular flexibility index (Phi) is 4.38. The van der Waals surface area contributed by atoms with Crippen molar-refractivity contribution >= 4 is 10.0 Å². The molecule has 0 spiro atoms. The van der Waals surface area contributed by atoms with Crippen molar-refractivity contribution in [3.63, 3.8) is 0 Å². The number of hydrogen-bond donors (Lipinski definition) is 2. The van der Waals surface area contributed by atoms with Crippen molar-refractivity contribution in [3.05, 3.63) is 29.8 Å². The number of nitrogens with two attached hydrogens (primary N) is 1. The zero-order valence-corrected chi connectivity index (χ0v) is 11.7. The Morgan fingerprint density at radius 2 is 2.00 bits per heavy atom. The molecule has 2 rings (SSSR count). The Labute approximate surface area is 116 Å². The van der Waals surface area contributed by atoms with E-state index in [0.717, 1.165) is 18.2 Å². The van der Waals surface area contributed by atoms with Crippen LogP contribution in [-0.2, 0) is 14.8 Å². The Balaban J connectivity index is 2.23. The average Bonchev–Trinajstić information content (AvgIpc) is 2.36.